The summed E-state index contributed by atoms with van der Waals surface area (Å²) in [7, 11) is 0. The molecule has 4 aromatic heterocycles. The van der Waals surface area contributed by atoms with Gasteiger partial charge in [0.2, 0.25) is 5.88 Å². The number of nitrogens with one attached hydrogen (secondary N) is 2. The van der Waals surface area contributed by atoms with Gasteiger partial charge in [-0.25, -0.2) is 28.1 Å². The van der Waals surface area contributed by atoms with Gasteiger partial charge in [0.15, 0.2) is 11.8 Å². The molecule has 1 saturated heterocycles. The summed E-state index contributed by atoms with van der Waals surface area (Å²) >= 11 is 0. The van der Waals surface area contributed by atoms with Gasteiger partial charge in [-0.2, -0.15) is 5.10 Å². The zero-order chi connectivity index (χ0) is 21.6. The smallest absolute Gasteiger partial charge is 0.325 e. The average molecular weight is 427 g/mol. The highest BCUT2D eigenvalue weighted by Crippen LogP contribution is 2.36. The molecule has 0 saturated carbocycles. The first-order valence-electron chi connectivity index (χ1n) is 9.28. The maximum absolute atomic E-state index is 14.8. The largest absolute Gasteiger partial charge is 0.466 e. The van der Waals surface area contributed by atoms with E-state index in [0.717, 1.165) is 0 Å². The number of aromatic amines is 2. The van der Waals surface area contributed by atoms with Crippen LogP contribution in [-0.4, -0.2) is 54.7 Å². The number of pyridine rings is 1. The highest BCUT2D eigenvalue weighted by Gasteiger charge is 2.50. The molecule has 12 heteroatoms. The zero-order valence-electron chi connectivity index (χ0n) is 15.8. The average Bonchev–Trinajstić information content (AvgIpc) is 3.32. The van der Waals surface area contributed by atoms with Crippen molar-refractivity contribution in [3.63, 3.8) is 0 Å². The number of nitrogens with zero attached hydrogens (tertiary/aromatic N) is 5. The Morgan fingerprint density at radius 3 is 2.84 bits per heavy atom. The molecule has 5 heterocycles. The molecule has 0 aliphatic carbocycles. The van der Waals surface area contributed by atoms with Crippen LogP contribution in [-0.2, 0) is 0 Å². The minimum absolute atomic E-state index is 0.0868. The maximum atomic E-state index is 14.8. The molecule has 1 fully saturated rings. The van der Waals surface area contributed by atoms with Crippen molar-refractivity contribution < 1.29 is 13.5 Å². The minimum Gasteiger partial charge on any atom is -0.466 e. The Morgan fingerprint density at radius 2 is 2.06 bits per heavy atom. The molecule has 1 aliphatic heterocycles. The zero-order valence-corrected chi connectivity index (χ0v) is 15.8. The second-order valence-corrected chi connectivity index (χ2v) is 7.01. The highest BCUT2D eigenvalue weighted by molar-refractivity contribution is 5.74. The first-order valence-corrected chi connectivity index (χ1v) is 9.28. The fourth-order valence-corrected chi connectivity index (χ4v) is 3.49. The number of rotatable bonds is 4. The number of halogens is 2. The maximum Gasteiger partial charge on any atom is 0.325 e. The number of fused-ring (bicyclic) bond motifs is 1. The number of H-pyrrole nitrogens is 2. The highest BCUT2D eigenvalue weighted by atomic mass is 19.3. The van der Waals surface area contributed by atoms with E-state index in [0.29, 0.717) is 11.3 Å². The Kier molecular flexibility index (Phi) is 4.27. The van der Waals surface area contributed by atoms with Crippen molar-refractivity contribution in [1.29, 1.82) is 0 Å². The molecule has 0 spiro atoms. The summed E-state index contributed by atoms with van der Waals surface area (Å²) in [5.41, 5.74) is -0.332. The van der Waals surface area contributed by atoms with Gasteiger partial charge in [0.25, 0.3) is 5.56 Å². The number of ether oxygens (including phenoxy) is 1. The molecule has 158 valence electrons. The Labute approximate surface area is 172 Å². The van der Waals surface area contributed by atoms with Crippen LogP contribution in [0.3, 0.4) is 0 Å². The predicted molar refractivity (Wildman–Crippen MR) is 105 cm³/mol. The van der Waals surface area contributed by atoms with Gasteiger partial charge in [-0.3, -0.25) is 9.78 Å². The minimum atomic E-state index is -3.15. The molecule has 5 rings (SSSR count). The van der Waals surface area contributed by atoms with Gasteiger partial charge in [-0.05, 0) is 12.1 Å². The van der Waals surface area contributed by atoms with E-state index < -0.39 is 29.8 Å². The molecule has 1 unspecified atom stereocenters. The Bertz CT molecular complexity index is 1370. The second-order valence-electron chi connectivity index (χ2n) is 7.01. The SMILES string of the molecule is O=c1[nH]cc(-c2cc(N3CC(Oc4ccccn4)C(F)(F)C3)c3nccn3n2)c(=O)[nH]1. The van der Waals surface area contributed by atoms with Gasteiger partial charge >= 0.3 is 11.6 Å². The third-order valence-corrected chi connectivity index (χ3v) is 4.94. The summed E-state index contributed by atoms with van der Waals surface area (Å²) in [6.07, 6.45) is 4.28. The molecule has 1 aliphatic rings. The number of imidazole rings is 1. The van der Waals surface area contributed by atoms with Crippen molar-refractivity contribution in [1.82, 2.24) is 29.5 Å². The van der Waals surface area contributed by atoms with Gasteiger partial charge in [0.1, 0.15) is 5.69 Å². The lowest BCUT2D eigenvalue weighted by Gasteiger charge is -2.19. The molecule has 0 aromatic carbocycles. The fourth-order valence-electron chi connectivity index (χ4n) is 3.49. The molecule has 31 heavy (non-hydrogen) atoms. The van der Waals surface area contributed by atoms with E-state index in [-0.39, 0.29) is 23.7 Å². The van der Waals surface area contributed by atoms with Crippen LogP contribution in [0.1, 0.15) is 0 Å². The van der Waals surface area contributed by atoms with E-state index >= 15 is 0 Å². The number of anilines is 1. The Hall–Kier alpha value is -4.09. The van der Waals surface area contributed by atoms with Crippen molar-refractivity contribution in [2.75, 3.05) is 18.0 Å². The summed E-state index contributed by atoms with van der Waals surface area (Å²) in [4.78, 5) is 37.6. The van der Waals surface area contributed by atoms with E-state index in [9.17, 15) is 18.4 Å². The molecule has 0 radical (unpaired) electrons. The van der Waals surface area contributed by atoms with Crippen molar-refractivity contribution in [2.24, 2.45) is 0 Å². The van der Waals surface area contributed by atoms with E-state index in [4.69, 9.17) is 4.74 Å². The van der Waals surface area contributed by atoms with Gasteiger partial charge in [-0.1, -0.05) is 6.07 Å². The topological polar surface area (TPSA) is 121 Å². The van der Waals surface area contributed by atoms with Crippen molar-refractivity contribution >= 4 is 11.3 Å². The first-order chi connectivity index (χ1) is 14.9. The lowest BCUT2D eigenvalue weighted by atomic mass is 10.2. The number of hydrogen-bond donors (Lipinski definition) is 2. The van der Waals surface area contributed by atoms with Crippen LogP contribution >= 0.6 is 0 Å². The van der Waals surface area contributed by atoms with Gasteiger partial charge in [0, 0.05) is 30.9 Å². The van der Waals surface area contributed by atoms with Crippen molar-refractivity contribution in [3.8, 4) is 17.1 Å². The third-order valence-electron chi connectivity index (χ3n) is 4.94. The monoisotopic (exact) mass is 427 g/mol. The normalized spacial score (nSPS) is 17.9. The van der Waals surface area contributed by atoms with Gasteiger partial charge in [-0.15, -0.1) is 0 Å². The summed E-state index contributed by atoms with van der Waals surface area (Å²) in [5.74, 6) is -3.05. The van der Waals surface area contributed by atoms with Crippen LogP contribution in [0.25, 0.3) is 16.9 Å². The summed E-state index contributed by atoms with van der Waals surface area (Å²) in [5, 5.41) is 4.31. The first kappa shape index (κ1) is 18.9. The molecule has 2 N–H and O–H groups in total. The predicted octanol–water partition coefficient (Wildman–Crippen LogP) is 1.07. The summed E-state index contributed by atoms with van der Waals surface area (Å²) < 4.78 is 36.3. The molecule has 10 nitrogen and oxygen atoms in total. The molecule has 4 aromatic rings. The van der Waals surface area contributed by atoms with E-state index in [2.05, 4.69) is 25.0 Å². The van der Waals surface area contributed by atoms with Crippen LogP contribution in [0.5, 0.6) is 5.88 Å². The quantitative estimate of drug-likeness (QED) is 0.500. The van der Waals surface area contributed by atoms with Crippen LogP contribution in [0.4, 0.5) is 14.5 Å². The number of alkyl halides is 2. The van der Waals surface area contributed by atoms with Crippen molar-refractivity contribution in [3.05, 3.63) is 69.9 Å². The standard InChI is InChI=1S/C19H15F2N7O3/c20-19(21)10-27(9-14(19)31-15-3-1-2-4-22-15)13-7-12(26-28-6-5-23-16(13)28)11-8-24-18(30)25-17(11)29/h1-8,14H,9-10H2,(H2,24,25,29,30). The third kappa shape index (κ3) is 3.41. The van der Waals surface area contributed by atoms with Crippen LogP contribution < -0.4 is 20.9 Å². The number of hydrogen-bond acceptors (Lipinski definition) is 7. The van der Waals surface area contributed by atoms with E-state index in [1.54, 1.807) is 12.1 Å². The molecular weight excluding hydrogens is 412 g/mol. The summed E-state index contributed by atoms with van der Waals surface area (Å²) in [6, 6.07) is 6.32. The Morgan fingerprint density at radius 1 is 1.19 bits per heavy atom. The van der Waals surface area contributed by atoms with Gasteiger partial charge < -0.3 is 14.6 Å². The second kappa shape index (κ2) is 7.00. The lowest BCUT2D eigenvalue weighted by Crippen LogP contribution is -2.36. The van der Waals surface area contributed by atoms with Gasteiger partial charge in [0.05, 0.1) is 24.3 Å². The molecular formula is C19H15F2N7O3. The molecule has 1 atom stereocenters. The summed E-state index contributed by atoms with van der Waals surface area (Å²) in [6.45, 7) is -0.740. The van der Waals surface area contributed by atoms with Crippen LogP contribution in [0.2, 0.25) is 0 Å². The van der Waals surface area contributed by atoms with Crippen molar-refractivity contribution in [2.45, 2.75) is 12.0 Å². The van der Waals surface area contributed by atoms with Crippen LogP contribution in [0, 0.1) is 0 Å². The lowest BCUT2D eigenvalue weighted by molar-refractivity contribution is -0.0608. The fraction of sp³-hybridized carbons (Fsp3) is 0.211. The van der Waals surface area contributed by atoms with E-state index in [1.807, 2.05) is 0 Å². The molecule has 0 amide bonds. The number of aromatic nitrogens is 6. The Balaban J connectivity index is 1.55. The van der Waals surface area contributed by atoms with E-state index in [1.165, 1.54) is 46.3 Å². The van der Waals surface area contributed by atoms with Crippen LogP contribution in [0.15, 0.2) is 58.6 Å². The molecule has 0 bridgehead atoms.